The molecule has 2 aromatic carbocycles. The van der Waals surface area contributed by atoms with E-state index in [1.807, 2.05) is 12.1 Å². The van der Waals surface area contributed by atoms with Crippen molar-refractivity contribution in [2.24, 2.45) is 0 Å². The van der Waals surface area contributed by atoms with Crippen LogP contribution >= 0.6 is 11.3 Å². The summed E-state index contributed by atoms with van der Waals surface area (Å²) in [6, 6.07) is 17.5. The Hall–Kier alpha value is -2.01. The van der Waals surface area contributed by atoms with E-state index >= 15 is 0 Å². The molecule has 27 heavy (non-hydrogen) atoms. The van der Waals surface area contributed by atoms with Crippen molar-refractivity contribution < 1.29 is 14.2 Å². The zero-order chi connectivity index (χ0) is 18.8. The van der Waals surface area contributed by atoms with Gasteiger partial charge in [-0.05, 0) is 66.3 Å². The van der Waals surface area contributed by atoms with Gasteiger partial charge in [0.1, 0.15) is 5.82 Å². The molecule has 3 aromatic rings. The molecule has 1 fully saturated rings. The van der Waals surface area contributed by atoms with Crippen molar-refractivity contribution in [3.05, 3.63) is 82.0 Å². The van der Waals surface area contributed by atoms with Crippen molar-refractivity contribution in [3.8, 4) is 10.4 Å². The molecule has 0 spiro atoms. The van der Waals surface area contributed by atoms with Gasteiger partial charge in [-0.2, -0.15) is 0 Å². The molecule has 1 aliphatic rings. The highest BCUT2D eigenvalue weighted by Gasteiger charge is 2.26. The van der Waals surface area contributed by atoms with E-state index in [-0.39, 0.29) is 24.6 Å². The van der Waals surface area contributed by atoms with Crippen molar-refractivity contribution in [2.75, 3.05) is 6.61 Å². The van der Waals surface area contributed by atoms with Crippen LogP contribution in [0.15, 0.2) is 54.6 Å². The lowest BCUT2D eigenvalue weighted by atomic mass is 9.98. The lowest BCUT2D eigenvalue weighted by Gasteiger charge is -2.15. The molecule has 2 nitrogen and oxygen atoms in total. The quantitative estimate of drug-likeness (QED) is 0.616. The molecule has 1 N–H and O–H groups in total. The number of hydrogen-bond donors (Lipinski definition) is 1. The van der Waals surface area contributed by atoms with Crippen LogP contribution in [0.2, 0.25) is 0 Å². The van der Waals surface area contributed by atoms with Crippen LogP contribution < -0.4 is 0 Å². The van der Waals surface area contributed by atoms with E-state index in [0.717, 1.165) is 29.7 Å². The molecule has 0 radical (unpaired) electrons. The maximum absolute atomic E-state index is 13.1. The molecule has 2 atom stereocenters. The maximum atomic E-state index is 13.1. The van der Waals surface area contributed by atoms with Gasteiger partial charge in [-0.1, -0.05) is 30.3 Å². The second-order valence-corrected chi connectivity index (χ2v) is 8.31. The summed E-state index contributed by atoms with van der Waals surface area (Å²) in [5.41, 5.74) is 4.82. The van der Waals surface area contributed by atoms with Gasteiger partial charge in [-0.3, -0.25) is 0 Å². The molecule has 4 heteroatoms. The smallest absolute Gasteiger partial charge is 0.123 e. The number of aliphatic hydroxyl groups is 1. The van der Waals surface area contributed by atoms with Gasteiger partial charge >= 0.3 is 0 Å². The number of aryl methyl sites for hydroxylation is 1. The lowest BCUT2D eigenvalue weighted by molar-refractivity contribution is 0.0109. The van der Waals surface area contributed by atoms with Crippen LogP contribution in [0.1, 0.15) is 40.5 Å². The van der Waals surface area contributed by atoms with Crippen molar-refractivity contribution in [3.63, 3.8) is 0 Å². The Labute approximate surface area is 163 Å². The first kappa shape index (κ1) is 18.4. The first-order chi connectivity index (χ1) is 13.1. The molecular weight excluding hydrogens is 359 g/mol. The topological polar surface area (TPSA) is 29.5 Å². The van der Waals surface area contributed by atoms with Gasteiger partial charge in [-0.15, -0.1) is 11.3 Å². The Kier molecular flexibility index (Phi) is 5.39. The highest BCUT2D eigenvalue weighted by Crippen LogP contribution is 2.35. The van der Waals surface area contributed by atoms with E-state index in [0.29, 0.717) is 0 Å². The van der Waals surface area contributed by atoms with Crippen LogP contribution in [0.5, 0.6) is 0 Å². The number of halogens is 1. The molecule has 1 aromatic heterocycles. The van der Waals surface area contributed by atoms with Crippen LogP contribution in [0.4, 0.5) is 4.39 Å². The third kappa shape index (κ3) is 4.13. The van der Waals surface area contributed by atoms with Gasteiger partial charge in [0.2, 0.25) is 0 Å². The van der Waals surface area contributed by atoms with Crippen molar-refractivity contribution in [1.29, 1.82) is 0 Å². The van der Waals surface area contributed by atoms with Gasteiger partial charge in [0.05, 0.1) is 18.8 Å². The zero-order valence-corrected chi connectivity index (χ0v) is 16.1. The highest BCUT2D eigenvalue weighted by atomic mass is 32.1. The highest BCUT2D eigenvalue weighted by molar-refractivity contribution is 7.15. The van der Waals surface area contributed by atoms with Crippen LogP contribution in [-0.4, -0.2) is 17.8 Å². The fourth-order valence-corrected chi connectivity index (χ4v) is 4.63. The molecule has 0 saturated carbocycles. The second kappa shape index (κ2) is 7.93. The summed E-state index contributed by atoms with van der Waals surface area (Å²) in [6.07, 6.45) is 2.80. The van der Waals surface area contributed by atoms with E-state index in [2.05, 4.69) is 37.3 Å². The number of rotatable bonds is 5. The molecular formula is C23H23FO2S. The normalized spacial score (nSPS) is 19.5. The number of thiophene rings is 1. The molecule has 2 heterocycles. The molecule has 0 aliphatic carbocycles. The Balaban J connectivity index is 1.52. The molecule has 0 bridgehead atoms. The Morgan fingerprint density at radius 1 is 1.07 bits per heavy atom. The van der Waals surface area contributed by atoms with E-state index in [1.54, 1.807) is 11.3 Å². The molecule has 140 valence electrons. The van der Waals surface area contributed by atoms with E-state index < -0.39 is 0 Å². The van der Waals surface area contributed by atoms with Gasteiger partial charge in [-0.25, -0.2) is 4.39 Å². The summed E-state index contributed by atoms with van der Waals surface area (Å²) in [5.74, 6) is -0.208. The second-order valence-electron chi connectivity index (χ2n) is 7.14. The van der Waals surface area contributed by atoms with Gasteiger partial charge in [0.25, 0.3) is 0 Å². The van der Waals surface area contributed by atoms with Gasteiger partial charge < -0.3 is 9.84 Å². The first-order valence-corrected chi connectivity index (χ1v) is 10.1. The van der Waals surface area contributed by atoms with Gasteiger partial charge in [0, 0.05) is 16.2 Å². The first-order valence-electron chi connectivity index (χ1n) is 9.33. The molecule has 1 aliphatic heterocycles. The minimum absolute atomic E-state index is 0.0321. The maximum Gasteiger partial charge on any atom is 0.123 e. The fraction of sp³-hybridized carbons (Fsp3) is 0.304. The van der Waals surface area contributed by atoms with E-state index in [9.17, 15) is 9.50 Å². The average molecular weight is 383 g/mol. The predicted molar refractivity (Wildman–Crippen MR) is 108 cm³/mol. The SMILES string of the molecule is Cc1ccc(C2CCC(CO)O2)cc1Cc1ccc(-c2ccc(F)cc2)s1. The van der Waals surface area contributed by atoms with E-state index in [1.165, 1.54) is 33.7 Å². The Morgan fingerprint density at radius 2 is 1.89 bits per heavy atom. The lowest BCUT2D eigenvalue weighted by Crippen LogP contribution is -2.11. The summed E-state index contributed by atoms with van der Waals surface area (Å²) in [5, 5.41) is 9.29. The fourth-order valence-electron chi connectivity index (χ4n) is 3.60. The summed E-state index contributed by atoms with van der Waals surface area (Å²) < 4.78 is 19.1. The van der Waals surface area contributed by atoms with Gasteiger partial charge in [0.15, 0.2) is 0 Å². The van der Waals surface area contributed by atoms with Crippen molar-refractivity contribution in [1.82, 2.24) is 0 Å². The number of ether oxygens (including phenoxy) is 1. The van der Waals surface area contributed by atoms with Crippen molar-refractivity contribution >= 4 is 11.3 Å². The summed E-state index contributed by atoms with van der Waals surface area (Å²) >= 11 is 1.75. The molecule has 4 rings (SSSR count). The third-order valence-corrected chi connectivity index (χ3v) is 6.35. The standard InChI is InChI=1S/C23H23FO2S/c1-15-2-3-17(22-10-8-20(14-25)26-22)12-18(15)13-21-9-11-23(27-21)16-4-6-19(24)7-5-16/h2-7,9,11-12,20,22,25H,8,10,13-14H2,1H3. The van der Waals surface area contributed by atoms with Crippen LogP contribution in [0.3, 0.4) is 0 Å². The summed E-state index contributed by atoms with van der Waals surface area (Å²) in [7, 11) is 0. The Bertz CT molecular complexity index is 916. The van der Waals surface area contributed by atoms with Crippen LogP contribution in [0.25, 0.3) is 10.4 Å². The number of benzene rings is 2. The predicted octanol–water partition coefficient (Wildman–Crippen LogP) is 5.67. The molecule has 2 unspecified atom stereocenters. The summed E-state index contributed by atoms with van der Waals surface area (Å²) in [4.78, 5) is 2.44. The molecule has 1 saturated heterocycles. The Morgan fingerprint density at radius 3 is 2.63 bits per heavy atom. The minimum atomic E-state index is -0.208. The number of hydrogen-bond acceptors (Lipinski definition) is 3. The monoisotopic (exact) mass is 382 g/mol. The van der Waals surface area contributed by atoms with Crippen LogP contribution in [-0.2, 0) is 11.2 Å². The van der Waals surface area contributed by atoms with E-state index in [4.69, 9.17) is 4.74 Å². The summed E-state index contributed by atoms with van der Waals surface area (Å²) in [6.45, 7) is 2.23. The van der Waals surface area contributed by atoms with Crippen LogP contribution in [0, 0.1) is 12.7 Å². The largest absolute Gasteiger partial charge is 0.394 e. The number of aliphatic hydroxyl groups excluding tert-OH is 1. The molecule has 0 amide bonds. The van der Waals surface area contributed by atoms with Crippen molar-refractivity contribution in [2.45, 2.75) is 38.4 Å². The average Bonchev–Trinajstić information content (AvgIpc) is 3.34. The minimum Gasteiger partial charge on any atom is -0.394 e. The third-order valence-electron chi connectivity index (χ3n) is 5.21. The zero-order valence-electron chi connectivity index (χ0n) is 15.3.